The number of hydroxylamine groups is 1. The van der Waals surface area contributed by atoms with E-state index in [1.807, 2.05) is 0 Å². The van der Waals surface area contributed by atoms with Crippen LogP contribution in [0.4, 0.5) is 5.69 Å². The first kappa shape index (κ1) is 7.88. The lowest BCUT2D eigenvalue weighted by molar-refractivity contribution is 0.185. The molecule has 0 aromatic heterocycles. The first-order valence-corrected chi connectivity index (χ1v) is 3.31. The average molecular weight is 153 g/mol. The monoisotopic (exact) mass is 153 g/mol. The molecule has 0 amide bonds. The number of benzene rings is 1. The van der Waals surface area contributed by atoms with Crippen LogP contribution in [0.25, 0.3) is 0 Å². The normalized spacial score (nSPS) is 9.64. The summed E-state index contributed by atoms with van der Waals surface area (Å²) in [7, 11) is 3.39. The minimum atomic E-state index is 0.262. The molecule has 0 radical (unpaired) electrons. The van der Waals surface area contributed by atoms with Crippen LogP contribution in [0, 0.1) is 0 Å². The first-order valence-electron chi connectivity index (χ1n) is 3.31. The number of hydrogen-bond donors (Lipinski definition) is 1. The van der Waals surface area contributed by atoms with Crippen LogP contribution in [0.5, 0.6) is 5.75 Å². The van der Waals surface area contributed by atoms with Gasteiger partial charge in [0.2, 0.25) is 0 Å². The van der Waals surface area contributed by atoms with Crippen molar-refractivity contribution in [3.05, 3.63) is 24.3 Å². The highest BCUT2D eigenvalue weighted by atomic mass is 16.7. The van der Waals surface area contributed by atoms with Crippen LogP contribution >= 0.6 is 0 Å². The maximum atomic E-state index is 8.95. The zero-order valence-corrected chi connectivity index (χ0v) is 6.61. The molecule has 1 N–H and O–H groups in total. The zero-order chi connectivity index (χ0) is 8.27. The number of hydrogen-bond acceptors (Lipinski definition) is 3. The Bertz CT molecular complexity index is 220. The van der Waals surface area contributed by atoms with E-state index in [0.29, 0.717) is 0 Å². The Morgan fingerprint density at radius 3 is 2.27 bits per heavy atom. The van der Waals surface area contributed by atoms with Crippen molar-refractivity contribution < 1.29 is 9.94 Å². The van der Waals surface area contributed by atoms with E-state index in [2.05, 4.69) is 0 Å². The van der Waals surface area contributed by atoms with E-state index >= 15 is 0 Å². The van der Waals surface area contributed by atoms with E-state index in [-0.39, 0.29) is 5.75 Å². The van der Waals surface area contributed by atoms with Crippen LogP contribution < -0.4 is 5.06 Å². The molecule has 0 bridgehead atoms. The molecule has 0 saturated heterocycles. The summed E-state index contributed by atoms with van der Waals surface area (Å²) in [5.74, 6) is 0.262. The van der Waals surface area contributed by atoms with Crippen LogP contribution in [-0.2, 0) is 4.84 Å². The number of nitrogens with zero attached hydrogens (tertiary/aromatic N) is 1. The molecule has 1 rings (SSSR count). The van der Waals surface area contributed by atoms with Crippen molar-refractivity contribution in [2.45, 2.75) is 0 Å². The Kier molecular flexibility index (Phi) is 2.33. The van der Waals surface area contributed by atoms with Crippen molar-refractivity contribution in [1.29, 1.82) is 0 Å². The Morgan fingerprint density at radius 1 is 1.27 bits per heavy atom. The van der Waals surface area contributed by atoms with Crippen molar-refractivity contribution in [2.75, 3.05) is 19.2 Å². The summed E-state index contributed by atoms with van der Waals surface area (Å²) in [6.45, 7) is 0. The summed E-state index contributed by atoms with van der Waals surface area (Å²) >= 11 is 0. The van der Waals surface area contributed by atoms with Gasteiger partial charge in [0.1, 0.15) is 5.75 Å². The number of phenolic OH excluding ortho intramolecular Hbond substituents is 1. The number of rotatable bonds is 2. The minimum absolute atomic E-state index is 0.262. The van der Waals surface area contributed by atoms with E-state index in [1.165, 1.54) is 0 Å². The molecule has 0 unspecified atom stereocenters. The van der Waals surface area contributed by atoms with Crippen molar-refractivity contribution in [2.24, 2.45) is 0 Å². The second-order valence-corrected chi connectivity index (χ2v) is 2.20. The summed E-state index contributed by atoms with van der Waals surface area (Å²) in [5.41, 5.74) is 0.908. The molecule has 0 fully saturated rings. The highest BCUT2D eigenvalue weighted by Gasteiger charge is 1.96. The molecule has 0 aliphatic rings. The van der Waals surface area contributed by atoms with E-state index < -0.39 is 0 Å². The lowest BCUT2D eigenvalue weighted by Crippen LogP contribution is -2.14. The lowest BCUT2D eigenvalue weighted by Gasteiger charge is -2.15. The smallest absolute Gasteiger partial charge is 0.115 e. The van der Waals surface area contributed by atoms with Crippen LogP contribution in [0.1, 0.15) is 0 Å². The van der Waals surface area contributed by atoms with Crippen LogP contribution in [0.2, 0.25) is 0 Å². The molecule has 0 aliphatic heterocycles. The third-order valence-electron chi connectivity index (χ3n) is 1.49. The Morgan fingerprint density at radius 2 is 1.82 bits per heavy atom. The van der Waals surface area contributed by atoms with E-state index in [1.54, 1.807) is 43.5 Å². The summed E-state index contributed by atoms with van der Waals surface area (Å²) in [5, 5.41) is 10.6. The molecule has 0 aliphatic carbocycles. The maximum Gasteiger partial charge on any atom is 0.115 e. The van der Waals surface area contributed by atoms with Gasteiger partial charge in [0.25, 0.3) is 0 Å². The van der Waals surface area contributed by atoms with Crippen molar-refractivity contribution in [3.63, 3.8) is 0 Å². The van der Waals surface area contributed by atoms with Gasteiger partial charge >= 0.3 is 0 Å². The molecule has 1 aromatic carbocycles. The van der Waals surface area contributed by atoms with E-state index in [4.69, 9.17) is 9.94 Å². The maximum absolute atomic E-state index is 8.95. The third-order valence-corrected chi connectivity index (χ3v) is 1.49. The molecule has 60 valence electrons. The van der Waals surface area contributed by atoms with Crippen LogP contribution in [-0.4, -0.2) is 19.3 Å². The minimum Gasteiger partial charge on any atom is -0.508 e. The summed E-state index contributed by atoms with van der Waals surface area (Å²) < 4.78 is 0. The highest BCUT2D eigenvalue weighted by molar-refractivity contribution is 5.45. The van der Waals surface area contributed by atoms with E-state index in [9.17, 15) is 0 Å². The van der Waals surface area contributed by atoms with E-state index in [0.717, 1.165) is 5.69 Å². The number of phenols is 1. The van der Waals surface area contributed by atoms with Gasteiger partial charge in [0.15, 0.2) is 0 Å². The fourth-order valence-electron chi connectivity index (χ4n) is 0.768. The molecular weight excluding hydrogens is 142 g/mol. The van der Waals surface area contributed by atoms with Gasteiger partial charge in [0.05, 0.1) is 12.8 Å². The van der Waals surface area contributed by atoms with Crippen molar-refractivity contribution in [1.82, 2.24) is 0 Å². The summed E-state index contributed by atoms with van der Waals surface area (Å²) in [6, 6.07) is 6.79. The summed E-state index contributed by atoms with van der Waals surface area (Å²) in [4.78, 5) is 4.93. The lowest BCUT2D eigenvalue weighted by atomic mass is 10.3. The van der Waals surface area contributed by atoms with Gasteiger partial charge in [-0.3, -0.25) is 9.90 Å². The SMILES string of the molecule is CON(C)c1ccc(O)cc1. The van der Waals surface area contributed by atoms with Crippen molar-refractivity contribution >= 4 is 5.69 Å². The first-order chi connectivity index (χ1) is 5.24. The molecule has 0 atom stereocenters. The van der Waals surface area contributed by atoms with Gasteiger partial charge in [-0.15, -0.1) is 0 Å². The van der Waals surface area contributed by atoms with Gasteiger partial charge in [-0.05, 0) is 24.3 Å². The van der Waals surface area contributed by atoms with Gasteiger partial charge in [-0.1, -0.05) is 0 Å². The van der Waals surface area contributed by atoms with Gasteiger partial charge in [-0.2, -0.15) is 0 Å². The second-order valence-electron chi connectivity index (χ2n) is 2.20. The molecule has 3 heteroatoms. The largest absolute Gasteiger partial charge is 0.508 e. The molecular formula is C8H11NO2. The molecule has 0 heterocycles. The van der Waals surface area contributed by atoms with Crippen LogP contribution in [0.15, 0.2) is 24.3 Å². The highest BCUT2D eigenvalue weighted by Crippen LogP contribution is 2.16. The standard InChI is InChI=1S/C8H11NO2/c1-9(11-2)7-3-5-8(10)6-4-7/h3-6,10H,1-2H3. The third kappa shape index (κ3) is 1.85. The molecule has 11 heavy (non-hydrogen) atoms. The Hall–Kier alpha value is -1.22. The molecule has 0 saturated carbocycles. The van der Waals surface area contributed by atoms with Gasteiger partial charge in [-0.25, -0.2) is 0 Å². The fraction of sp³-hybridized carbons (Fsp3) is 0.250. The fourth-order valence-corrected chi connectivity index (χ4v) is 0.768. The Balaban J connectivity index is 2.81. The Labute approximate surface area is 65.8 Å². The van der Waals surface area contributed by atoms with Crippen molar-refractivity contribution in [3.8, 4) is 5.75 Å². The van der Waals surface area contributed by atoms with Gasteiger partial charge < -0.3 is 5.11 Å². The molecule has 0 spiro atoms. The number of anilines is 1. The predicted octanol–water partition coefficient (Wildman–Crippen LogP) is 1.39. The summed E-state index contributed by atoms with van der Waals surface area (Å²) in [6.07, 6.45) is 0. The topological polar surface area (TPSA) is 32.7 Å². The predicted molar refractivity (Wildman–Crippen MR) is 43.5 cm³/mol. The zero-order valence-electron chi connectivity index (χ0n) is 6.61. The molecule has 3 nitrogen and oxygen atoms in total. The number of aromatic hydroxyl groups is 1. The van der Waals surface area contributed by atoms with Crippen LogP contribution in [0.3, 0.4) is 0 Å². The average Bonchev–Trinajstić information content (AvgIpc) is 2.05. The quantitative estimate of drug-likeness (QED) is 0.652. The van der Waals surface area contributed by atoms with Gasteiger partial charge in [0, 0.05) is 7.05 Å². The molecule has 1 aromatic rings. The second kappa shape index (κ2) is 3.25.